The van der Waals surface area contributed by atoms with E-state index in [0.717, 1.165) is 25.1 Å². The van der Waals surface area contributed by atoms with Gasteiger partial charge in [0.15, 0.2) is 0 Å². The second kappa shape index (κ2) is 6.45. The molecular formula is C15H15ClN2O2S. The maximum atomic E-state index is 12.4. The minimum absolute atomic E-state index is 0.0283. The summed E-state index contributed by atoms with van der Waals surface area (Å²) in [6.45, 7) is 1.38. The van der Waals surface area contributed by atoms with Crippen LogP contribution in [0.15, 0.2) is 36.7 Å². The number of carbonyl (C=O) groups is 1. The Morgan fingerprint density at radius 1 is 1.33 bits per heavy atom. The normalized spacial score (nSPS) is 18.5. The van der Waals surface area contributed by atoms with Crippen molar-refractivity contribution in [3.8, 4) is 5.75 Å². The summed E-state index contributed by atoms with van der Waals surface area (Å²) >= 11 is 7.22. The number of ether oxygens (including phenoxy) is 1. The van der Waals surface area contributed by atoms with Gasteiger partial charge in [-0.1, -0.05) is 11.6 Å². The van der Waals surface area contributed by atoms with Gasteiger partial charge in [0.1, 0.15) is 11.9 Å². The van der Waals surface area contributed by atoms with Gasteiger partial charge < -0.3 is 9.64 Å². The van der Waals surface area contributed by atoms with Gasteiger partial charge in [0, 0.05) is 18.9 Å². The summed E-state index contributed by atoms with van der Waals surface area (Å²) in [7, 11) is 0. The number of hydrogen-bond donors (Lipinski definition) is 0. The Kier molecular flexibility index (Phi) is 4.41. The molecule has 0 radical (unpaired) electrons. The van der Waals surface area contributed by atoms with E-state index in [9.17, 15) is 4.79 Å². The number of likely N-dealkylation sites (tertiary alicyclic amines) is 1. The van der Waals surface area contributed by atoms with Gasteiger partial charge in [-0.3, -0.25) is 9.78 Å². The third-order valence-electron chi connectivity index (χ3n) is 3.40. The summed E-state index contributed by atoms with van der Waals surface area (Å²) < 4.78 is 6.56. The molecule has 1 aliphatic rings. The van der Waals surface area contributed by atoms with E-state index in [1.54, 1.807) is 24.5 Å². The molecule has 6 heteroatoms. The molecule has 1 saturated heterocycles. The first-order valence-corrected chi connectivity index (χ1v) is 8.03. The van der Waals surface area contributed by atoms with E-state index in [2.05, 4.69) is 4.98 Å². The molecular weight excluding hydrogens is 308 g/mol. The molecule has 110 valence electrons. The molecule has 0 aliphatic carbocycles. The molecule has 1 aliphatic heterocycles. The van der Waals surface area contributed by atoms with Crippen LogP contribution in [0.3, 0.4) is 0 Å². The van der Waals surface area contributed by atoms with Crippen molar-refractivity contribution < 1.29 is 9.53 Å². The number of thiophene rings is 1. The van der Waals surface area contributed by atoms with Gasteiger partial charge in [-0.2, -0.15) is 0 Å². The number of carbonyl (C=O) groups excluding carboxylic acids is 1. The lowest BCUT2D eigenvalue weighted by Gasteiger charge is -2.32. The fourth-order valence-corrected chi connectivity index (χ4v) is 3.42. The van der Waals surface area contributed by atoms with Crippen LogP contribution in [0.5, 0.6) is 5.75 Å². The maximum absolute atomic E-state index is 12.4. The number of pyridine rings is 1. The Labute approximate surface area is 132 Å². The van der Waals surface area contributed by atoms with Crippen LogP contribution in [-0.4, -0.2) is 35.0 Å². The van der Waals surface area contributed by atoms with Crippen molar-refractivity contribution in [2.24, 2.45) is 0 Å². The second-order valence-electron chi connectivity index (χ2n) is 4.92. The third kappa shape index (κ3) is 3.54. The molecule has 0 N–H and O–H groups in total. The monoisotopic (exact) mass is 322 g/mol. The van der Waals surface area contributed by atoms with Crippen molar-refractivity contribution in [2.45, 2.75) is 18.9 Å². The molecule has 1 amide bonds. The predicted octanol–water partition coefficient (Wildman–Crippen LogP) is 3.48. The van der Waals surface area contributed by atoms with Crippen molar-refractivity contribution in [1.82, 2.24) is 9.88 Å². The molecule has 4 nitrogen and oxygen atoms in total. The first kappa shape index (κ1) is 14.4. The van der Waals surface area contributed by atoms with Gasteiger partial charge in [0.05, 0.1) is 15.8 Å². The Bertz CT molecular complexity index is 617. The lowest BCUT2D eigenvalue weighted by molar-refractivity contribution is 0.0542. The zero-order chi connectivity index (χ0) is 14.7. The number of nitrogens with zero attached hydrogens (tertiary/aromatic N) is 2. The van der Waals surface area contributed by atoms with Crippen LogP contribution in [0.25, 0.3) is 0 Å². The molecule has 21 heavy (non-hydrogen) atoms. The van der Waals surface area contributed by atoms with Crippen LogP contribution in [0.2, 0.25) is 4.34 Å². The van der Waals surface area contributed by atoms with E-state index in [-0.39, 0.29) is 12.0 Å². The highest BCUT2D eigenvalue weighted by atomic mass is 35.5. The zero-order valence-corrected chi connectivity index (χ0v) is 12.9. The van der Waals surface area contributed by atoms with Crippen LogP contribution in [0.1, 0.15) is 22.5 Å². The molecule has 1 fully saturated rings. The quantitative estimate of drug-likeness (QED) is 0.869. The van der Waals surface area contributed by atoms with Crippen molar-refractivity contribution in [3.05, 3.63) is 45.9 Å². The van der Waals surface area contributed by atoms with Crippen LogP contribution in [0.4, 0.5) is 0 Å². The van der Waals surface area contributed by atoms with E-state index in [1.807, 2.05) is 17.0 Å². The molecule has 3 rings (SSSR count). The summed E-state index contributed by atoms with van der Waals surface area (Å²) in [5, 5.41) is 0. The van der Waals surface area contributed by atoms with Crippen LogP contribution < -0.4 is 4.74 Å². The first-order valence-electron chi connectivity index (χ1n) is 6.83. The lowest BCUT2D eigenvalue weighted by Crippen LogP contribution is -2.44. The fraction of sp³-hybridized carbons (Fsp3) is 0.333. The predicted molar refractivity (Wildman–Crippen MR) is 83.1 cm³/mol. The summed E-state index contributed by atoms with van der Waals surface area (Å²) in [6.07, 6.45) is 5.34. The van der Waals surface area contributed by atoms with Crippen molar-refractivity contribution in [3.63, 3.8) is 0 Å². The highest BCUT2D eigenvalue weighted by Crippen LogP contribution is 2.25. The number of halogens is 1. The molecule has 2 aromatic rings. The minimum atomic E-state index is 0.0283. The molecule has 0 unspecified atom stereocenters. The Balaban J connectivity index is 1.64. The highest BCUT2D eigenvalue weighted by molar-refractivity contribution is 7.17. The number of hydrogen-bond acceptors (Lipinski definition) is 4. The van der Waals surface area contributed by atoms with Gasteiger partial charge in [-0.05, 0) is 37.1 Å². The fourth-order valence-electron chi connectivity index (χ4n) is 2.41. The van der Waals surface area contributed by atoms with Gasteiger partial charge in [-0.25, -0.2) is 0 Å². The van der Waals surface area contributed by atoms with Crippen molar-refractivity contribution >= 4 is 28.8 Å². The Morgan fingerprint density at radius 3 is 2.86 bits per heavy atom. The third-order valence-corrected chi connectivity index (χ3v) is 4.62. The van der Waals surface area contributed by atoms with Crippen molar-refractivity contribution in [2.75, 3.05) is 13.1 Å². The Hall–Kier alpha value is -1.59. The summed E-state index contributed by atoms with van der Waals surface area (Å²) in [4.78, 5) is 18.9. The first-order chi connectivity index (χ1) is 10.2. The van der Waals surface area contributed by atoms with Crippen LogP contribution >= 0.6 is 22.9 Å². The maximum Gasteiger partial charge on any atom is 0.264 e. The van der Waals surface area contributed by atoms with E-state index in [1.165, 1.54) is 11.3 Å². The summed E-state index contributed by atoms with van der Waals surface area (Å²) in [6, 6.07) is 7.21. The summed E-state index contributed by atoms with van der Waals surface area (Å²) in [5.41, 5.74) is 0. The zero-order valence-electron chi connectivity index (χ0n) is 11.4. The van der Waals surface area contributed by atoms with Crippen LogP contribution in [-0.2, 0) is 0 Å². The van der Waals surface area contributed by atoms with Gasteiger partial charge in [0.2, 0.25) is 0 Å². The second-order valence-corrected chi connectivity index (χ2v) is 6.64. The molecule has 0 saturated carbocycles. The Morgan fingerprint density at radius 2 is 2.14 bits per heavy atom. The van der Waals surface area contributed by atoms with Crippen LogP contribution in [0, 0.1) is 0 Å². The molecule has 2 aromatic heterocycles. The standard InChI is InChI=1S/C15H15ClN2O2S/c16-14-4-3-13(21-14)15(19)18-9-1-2-12(10-18)20-11-5-7-17-8-6-11/h3-8,12H,1-2,9-10H2/t12-/m0/s1. The highest BCUT2D eigenvalue weighted by Gasteiger charge is 2.26. The van der Waals surface area contributed by atoms with Gasteiger partial charge in [0.25, 0.3) is 5.91 Å². The van der Waals surface area contributed by atoms with Crippen molar-refractivity contribution in [1.29, 1.82) is 0 Å². The molecule has 0 spiro atoms. The van der Waals surface area contributed by atoms with E-state index in [0.29, 0.717) is 15.8 Å². The van der Waals surface area contributed by atoms with Gasteiger partial charge >= 0.3 is 0 Å². The smallest absolute Gasteiger partial charge is 0.264 e. The van der Waals surface area contributed by atoms with E-state index >= 15 is 0 Å². The van der Waals surface area contributed by atoms with E-state index in [4.69, 9.17) is 16.3 Å². The van der Waals surface area contributed by atoms with E-state index < -0.39 is 0 Å². The van der Waals surface area contributed by atoms with Gasteiger partial charge in [-0.15, -0.1) is 11.3 Å². The summed E-state index contributed by atoms with van der Waals surface area (Å²) in [5.74, 6) is 0.832. The average Bonchev–Trinajstić information content (AvgIpc) is 2.94. The number of rotatable bonds is 3. The molecule has 0 aromatic carbocycles. The average molecular weight is 323 g/mol. The topological polar surface area (TPSA) is 42.4 Å². The number of aromatic nitrogens is 1. The lowest BCUT2D eigenvalue weighted by atomic mass is 10.1. The number of amides is 1. The number of piperidine rings is 1. The molecule has 0 bridgehead atoms. The SMILES string of the molecule is O=C(c1ccc(Cl)s1)N1CCC[C@H](Oc2ccncc2)C1. The minimum Gasteiger partial charge on any atom is -0.488 e. The largest absolute Gasteiger partial charge is 0.488 e. The molecule has 1 atom stereocenters. The molecule has 3 heterocycles.